The highest BCUT2D eigenvalue weighted by atomic mass is 79.9. The largest absolute Gasteiger partial charge is 0.497 e. The molecule has 4 nitrogen and oxygen atoms in total. The van der Waals surface area contributed by atoms with E-state index in [9.17, 15) is 4.79 Å². The average molecular weight is 325 g/mol. The number of hydrogen-bond donors (Lipinski definition) is 1. The summed E-state index contributed by atoms with van der Waals surface area (Å²) in [7, 11) is 1.65. The first-order chi connectivity index (χ1) is 9.10. The Hall–Kier alpha value is -1.49. The van der Waals surface area contributed by atoms with Crippen LogP contribution in [-0.4, -0.2) is 31.1 Å². The van der Waals surface area contributed by atoms with Gasteiger partial charge >= 0.3 is 6.03 Å². The monoisotopic (exact) mass is 324 g/mol. The van der Waals surface area contributed by atoms with Crippen molar-refractivity contribution >= 4 is 22.0 Å². The lowest BCUT2D eigenvalue weighted by Gasteiger charge is -2.29. The van der Waals surface area contributed by atoms with Gasteiger partial charge in [0.25, 0.3) is 0 Å². The van der Waals surface area contributed by atoms with E-state index in [0.717, 1.165) is 28.8 Å². The maximum absolute atomic E-state index is 12.0. The topological polar surface area (TPSA) is 41.6 Å². The molecule has 0 aliphatic carbocycles. The first-order valence-electron chi connectivity index (χ1n) is 6.12. The molecule has 0 saturated heterocycles. The maximum Gasteiger partial charge on any atom is 0.317 e. The fourth-order valence-corrected chi connectivity index (χ4v) is 2.26. The van der Waals surface area contributed by atoms with E-state index in [1.54, 1.807) is 12.0 Å². The zero-order chi connectivity index (χ0) is 13.8. The van der Waals surface area contributed by atoms with Gasteiger partial charge in [0.2, 0.25) is 0 Å². The van der Waals surface area contributed by atoms with E-state index in [2.05, 4.69) is 33.9 Å². The van der Waals surface area contributed by atoms with Crippen LogP contribution < -0.4 is 10.1 Å². The molecule has 1 aromatic carbocycles. The third kappa shape index (κ3) is 3.50. The normalized spacial score (nSPS) is 13.7. The highest BCUT2D eigenvalue weighted by Gasteiger charge is 2.20. The third-order valence-electron chi connectivity index (χ3n) is 3.14. The Bertz CT molecular complexity index is 502. The fraction of sp³-hybridized carbons (Fsp3) is 0.357. The van der Waals surface area contributed by atoms with Crippen LogP contribution in [0.15, 0.2) is 29.3 Å². The van der Waals surface area contributed by atoms with E-state index in [4.69, 9.17) is 4.74 Å². The van der Waals surface area contributed by atoms with Crippen LogP contribution in [0.25, 0.3) is 0 Å². The Labute approximate surface area is 121 Å². The number of methoxy groups -OCH3 is 1. The van der Waals surface area contributed by atoms with E-state index < -0.39 is 0 Å². The summed E-state index contributed by atoms with van der Waals surface area (Å²) >= 11 is 3.23. The van der Waals surface area contributed by atoms with Crippen molar-refractivity contribution in [2.24, 2.45) is 0 Å². The predicted molar refractivity (Wildman–Crippen MR) is 78.6 cm³/mol. The Kier molecular flexibility index (Phi) is 4.47. The lowest BCUT2D eigenvalue weighted by molar-refractivity contribution is 0.193. The van der Waals surface area contributed by atoms with E-state index in [1.165, 1.54) is 5.56 Å². The van der Waals surface area contributed by atoms with Crippen molar-refractivity contribution in [2.45, 2.75) is 13.0 Å². The van der Waals surface area contributed by atoms with Gasteiger partial charge in [-0.2, -0.15) is 0 Å². The van der Waals surface area contributed by atoms with Gasteiger partial charge < -0.3 is 15.0 Å². The molecule has 1 aliphatic rings. The summed E-state index contributed by atoms with van der Waals surface area (Å²) in [5.74, 6) is 0.829. The molecule has 0 aromatic heterocycles. The van der Waals surface area contributed by atoms with Gasteiger partial charge in [0.1, 0.15) is 5.75 Å². The summed E-state index contributed by atoms with van der Waals surface area (Å²) in [5.41, 5.74) is 2.44. The number of ether oxygens (including phenoxy) is 1. The Balaban J connectivity index is 2.04. The van der Waals surface area contributed by atoms with Crippen molar-refractivity contribution in [3.63, 3.8) is 0 Å². The first kappa shape index (κ1) is 13.9. The molecular formula is C14H17BrN2O2. The summed E-state index contributed by atoms with van der Waals surface area (Å²) < 4.78 is 5.98. The lowest BCUT2D eigenvalue weighted by atomic mass is 10.00. The first-order valence-corrected chi connectivity index (χ1v) is 6.91. The van der Waals surface area contributed by atoms with Gasteiger partial charge in [-0.15, -0.1) is 0 Å². The lowest BCUT2D eigenvalue weighted by Crippen LogP contribution is -2.43. The van der Waals surface area contributed by atoms with Crippen LogP contribution in [0.3, 0.4) is 0 Å². The number of hydrogen-bond acceptors (Lipinski definition) is 2. The van der Waals surface area contributed by atoms with Gasteiger partial charge in [-0.1, -0.05) is 28.6 Å². The molecule has 2 rings (SSSR count). The van der Waals surface area contributed by atoms with Crippen LogP contribution in [-0.2, 0) is 13.0 Å². The number of benzene rings is 1. The number of rotatable bonds is 3. The number of nitrogens with one attached hydrogen (secondary N) is 1. The smallest absolute Gasteiger partial charge is 0.317 e. The van der Waals surface area contributed by atoms with Crippen LogP contribution in [0.5, 0.6) is 5.75 Å². The second-order valence-corrected chi connectivity index (χ2v) is 5.60. The number of amides is 2. The van der Waals surface area contributed by atoms with Crippen molar-refractivity contribution in [1.82, 2.24) is 10.2 Å². The Morgan fingerprint density at radius 1 is 1.53 bits per heavy atom. The molecule has 102 valence electrons. The zero-order valence-electron chi connectivity index (χ0n) is 10.9. The summed E-state index contributed by atoms with van der Waals surface area (Å²) in [5, 5.41) is 2.82. The second-order valence-electron chi connectivity index (χ2n) is 4.48. The summed E-state index contributed by atoms with van der Waals surface area (Å²) in [6.07, 6.45) is 0.877. The molecular weight excluding hydrogens is 308 g/mol. The van der Waals surface area contributed by atoms with Crippen molar-refractivity contribution < 1.29 is 9.53 Å². The minimum absolute atomic E-state index is 0.0610. The second kappa shape index (κ2) is 6.10. The number of carbonyl (C=O) groups excluding carboxylic acids is 1. The number of urea groups is 1. The van der Waals surface area contributed by atoms with E-state index >= 15 is 0 Å². The van der Waals surface area contributed by atoms with Crippen molar-refractivity contribution in [2.75, 3.05) is 20.2 Å². The summed E-state index contributed by atoms with van der Waals surface area (Å²) in [6.45, 7) is 5.50. The molecule has 5 heteroatoms. The van der Waals surface area contributed by atoms with Gasteiger partial charge in [0.15, 0.2) is 0 Å². The predicted octanol–water partition coefficient (Wildman–Crippen LogP) is 2.67. The Morgan fingerprint density at radius 2 is 2.32 bits per heavy atom. The SMILES string of the molecule is C=C(Br)CNC(=O)N1CCc2ccc(OC)cc2C1. The molecule has 1 aliphatic heterocycles. The van der Waals surface area contributed by atoms with E-state index in [-0.39, 0.29) is 6.03 Å². The van der Waals surface area contributed by atoms with Crippen molar-refractivity contribution in [1.29, 1.82) is 0 Å². The number of fused-ring (bicyclic) bond motifs is 1. The summed E-state index contributed by atoms with van der Waals surface area (Å²) in [6, 6.07) is 5.97. The van der Waals surface area contributed by atoms with Crippen LogP contribution in [0, 0.1) is 0 Å². The number of carbonyl (C=O) groups is 1. The molecule has 0 fully saturated rings. The number of halogens is 1. The van der Waals surface area contributed by atoms with Crippen LogP contribution in [0.1, 0.15) is 11.1 Å². The van der Waals surface area contributed by atoms with Gasteiger partial charge in [-0.25, -0.2) is 4.79 Å². The molecule has 0 radical (unpaired) electrons. The Morgan fingerprint density at radius 3 is 3.00 bits per heavy atom. The minimum Gasteiger partial charge on any atom is -0.497 e. The van der Waals surface area contributed by atoms with Crippen LogP contribution in [0.2, 0.25) is 0 Å². The molecule has 0 bridgehead atoms. The zero-order valence-corrected chi connectivity index (χ0v) is 12.5. The number of nitrogens with zero attached hydrogens (tertiary/aromatic N) is 1. The van der Waals surface area contributed by atoms with Gasteiger partial charge in [-0.3, -0.25) is 0 Å². The van der Waals surface area contributed by atoms with Gasteiger partial charge in [0.05, 0.1) is 13.7 Å². The van der Waals surface area contributed by atoms with Gasteiger partial charge in [-0.05, 0) is 29.7 Å². The molecule has 2 amide bonds. The molecule has 19 heavy (non-hydrogen) atoms. The molecule has 1 aromatic rings. The van der Waals surface area contributed by atoms with E-state index in [0.29, 0.717) is 13.1 Å². The quantitative estimate of drug-likeness (QED) is 0.928. The summed E-state index contributed by atoms with van der Waals surface area (Å²) in [4.78, 5) is 13.8. The maximum atomic E-state index is 12.0. The van der Waals surface area contributed by atoms with Crippen LogP contribution >= 0.6 is 15.9 Å². The van der Waals surface area contributed by atoms with E-state index in [1.807, 2.05) is 12.1 Å². The van der Waals surface area contributed by atoms with Gasteiger partial charge in [0, 0.05) is 17.6 Å². The standard InChI is InChI=1S/C14H17BrN2O2/c1-10(15)8-16-14(18)17-6-5-11-3-4-13(19-2)7-12(11)9-17/h3-4,7H,1,5-6,8-9H2,2H3,(H,16,18). The molecule has 0 spiro atoms. The average Bonchev–Trinajstić information content (AvgIpc) is 2.43. The minimum atomic E-state index is -0.0610. The molecule has 1 heterocycles. The fourth-order valence-electron chi connectivity index (χ4n) is 2.12. The molecule has 0 atom stereocenters. The highest BCUT2D eigenvalue weighted by molar-refractivity contribution is 9.11. The molecule has 0 unspecified atom stereocenters. The molecule has 1 N–H and O–H groups in total. The third-order valence-corrected chi connectivity index (χ3v) is 3.42. The van der Waals surface area contributed by atoms with Crippen molar-refractivity contribution in [3.8, 4) is 5.75 Å². The molecule has 0 saturated carbocycles. The van der Waals surface area contributed by atoms with Crippen molar-refractivity contribution in [3.05, 3.63) is 40.4 Å². The van der Waals surface area contributed by atoms with Crippen LogP contribution in [0.4, 0.5) is 4.79 Å². The highest BCUT2D eigenvalue weighted by Crippen LogP contribution is 2.23.